The highest BCUT2D eigenvalue weighted by molar-refractivity contribution is 5.92. The fourth-order valence-corrected chi connectivity index (χ4v) is 2.20. The van der Waals surface area contributed by atoms with Crippen LogP contribution >= 0.6 is 0 Å². The van der Waals surface area contributed by atoms with Gasteiger partial charge in [-0.2, -0.15) is 0 Å². The van der Waals surface area contributed by atoms with Crippen LogP contribution in [0.2, 0.25) is 0 Å². The topological polar surface area (TPSA) is 61.4 Å². The van der Waals surface area contributed by atoms with Crippen molar-refractivity contribution < 1.29 is 18.4 Å². The van der Waals surface area contributed by atoms with Crippen LogP contribution in [0, 0.1) is 11.6 Å². The van der Waals surface area contributed by atoms with Gasteiger partial charge in [0.2, 0.25) is 11.8 Å². The van der Waals surface area contributed by atoms with Crippen molar-refractivity contribution in [1.29, 1.82) is 0 Å². The van der Waals surface area contributed by atoms with Gasteiger partial charge < -0.3 is 10.6 Å². The second-order valence-corrected chi connectivity index (χ2v) is 5.60. The Bertz CT molecular complexity index is 753. The minimum absolute atomic E-state index is 0.0228. The summed E-state index contributed by atoms with van der Waals surface area (Å²) < 4.78 is 26.5. The van der Waals surface area contributed by atoms with Crippen LogP contribution in [-0.2, 0) is 16.1 Å². The predicted molar refractivity (Wildman–Crippen MR) is 90.8 cm³/mol. The molecule has 0 atom stereocenters. The van der Waals surface area contributed by atoms with Gasteiger partial charge in [-0.25, -0.2) is 8.78 Å². The van der Waals surface area contributed by atoms with Crippen molar-refractivity contribution in [2.45, 2.75) is 6.54 Å². The molecule has 0 bridgehead atoms. The summed E-state index contributed by atoms with van der Waals surface area (Å²) in [6.07, 6.45) is 0. The highest BCUT2D eigenvalue weighted by atomic mass is 19.1. The number of carbonyl (C=O) groups is 2. The van der Waals surface area contributed by atoms with Gasteiger partial charge in [0.05, 0.1) is 13.1 Å². The number of carbonyl (C=O) groups excluding carboxylic acids is 2. The normalized spacial score (nSPS) is 10.6. The van der Waals surface area contributed by atoms with Crippen molar-refractivity contribution in [2.75, 3.05) is 25.5 Å². The molecule has 0 aliphatic heterocycles. The molecule has 0 heterocycles. The number of nitrogens with one attached hydrogen (secondary N) is 2. The van der Waals surface area contributed by atoms with E-state index in [-0.39, 0.29) is 37.3 Å². The third-order valence-corrected chi connectivity index (χ3v) is 3.37. The number of halogens is 2. The molecule has 25 heavy (non-hydrogen) atoms. The number of amides is 2. The van der Waals surface area contributed by atoms with Crippen LogP contribution in [0.4, 0.5) is 14.5 Å². The van der Waals surface area contributed by atoms with Crippen molar-refractivity contribution in [3.63, 3.8) is 0 Å². The molecule has 0 aliphatic rings. The number of benzene rings is 2. The van der Waals surface area contributed by atoms with E-state index in [0.29, 0.717) is 11.3 Å². The van der Waals surface area contributed by atoms with Crippen LogP contribution in [0.3, 0.4) is 0 Å². The largest absolute Gasteiger partial charge is 0.351 e. The van der Waals surface area contributed by atoms with Crippen LogP contribution in [-0.4, -0.2) is 36.9 Å². The smallest absolute Gasteiger partial charge is 0.238 e. The van der Waals surface area contributed by atoms with Gasteiger partial charge in [-0.3, -0.25) is 14.5 Å². The molecule has 0 aromatic heterocycles. The van der Waals surface area contributed by atoms with E-state index >= 15 is 0 Å². The fraction of sp³-hybridized carbons (Fsp3) is 0.222. The van der Waals surface area contributed by atoms with Crippen molar-refractivity contribution in [3.05, 3.63) is 65.7 Å². The summed E-state index contributed by atoms with van der Waals surface area (Å²) >= 11 is 0. The van der Waals surface area contributed by atoms with Crippen molar-refractivity contribution in [2.24, 2.45) is 0 Å². The summed E-state index contributed by atoms with van der Waals surface area (Å²) in [5.41, 5.74) is 0.741. The lowest BCUT2D eigenvalue weighted by Gasteiger charge is -2.16. The van der Waals surface area contributed by atoms with Gasteiger partial charge in [-0.1, -0.05) is 24.3 Å². The molecule has 2 rings (SSSR count). The second-order valence-electron chi connectivity index (χ2n) is 5.60. The summed E-state index contributed by atoms with van der Waals surface area (Å²) in [5.74, 6) is -1.52. The Hall–Kier alpha value is -2.80. The van der Waals surface area contributed by atoms with Gasteiger partial charge in [-0.05, 0) is 31.3 Å². The number of hydrogen-bond acceptors (Lipinski definition) is 3. The van der Waals surface area contributed by atoms with Crippen LogP contribution in [0.25, 0.3) is 0 Å². The molecule has 2 aromatic rings. The molecule has 0 fully saturated rings. The van der Waals surface area contributed by atoms with Crippen LogP contribution in [0.15, 0.2) is 48.5 Å². The maximum absolute atomic E-state index is 13.5. The predicted octanol–water partition coefficient (Wildman–Crippen LogP) is 2.15. The molecule has 5 nitrogen and oxygen atoms in total. The van der Waals surface area contributed by atoms with E-state index in [9.17, 15) is 18.4 Å². The molecule has 0 saturated heterocycles. The molecule has 0 radical (unpaired) electrons. The van der Waals surface area contributed by atoms with Gasteiger partial charge in [-0.15, -0.1) is 0 Å². The van der Waals surface area contributed by atoms with Gasteiger partial charge in [0.25, 0.3) is 0 Å². The number of anilines is 1. The number of hydrogen-bond donors (Lipinski definition) is 2. The molecular weight excluding hydrogens is 328 g/mol. The van der Waals surface area contributed by atoms with Crippen LogP contribution in [0.5, 0.6) is 0 Å². The Morgan fingerprint density at radius 3 is 2.44 bits per heavy atom. The Kier molecular flexibility index (Phi) is 6.59. The zero-order valence-corrected chi connectivity index (χ0v) is 13.8. The molecular formula is C18H19F2N3O2. The van der Waals surface area contributed by atoms with Crippen molar-refractivity contribution in [3.8, 4) is 0 Å². The quantitative estimate of drug-likeness (QED) is 0.807. The first-order valence-corrected chi connectivity index (χ1v) is 7.68. The Labute approximate surface area is 144 Å². The summed E-state index contributed by atoms with van der Waals surface area (Å²) in [6.45, 7) is 0.0174. The first-order valence-electron chi connectivity index (χ1n) is 7.68. The van der Waals surface area contributed by atoms with E-state index in [0.717, 1.165) is 0 Å². The molecule has 2 N–H and O–H groups in total. The maximum atomic E-state index is 13.5. The van der Waals surface area contributed by atoms with Crippen molar-refractivity contribution in [1.82, 2.24) is 10.2 Å². The average molecular weight is 347 g/mol. The first-order chi connectivity index (χ1) is 11.9. The lowest BCUT2D eigenvalue weighted by atomic mass is 10.2. The second kappa shape index (κ2) is 8.89. The first kappa shape index (κ1) is 18.5. The Balaban J connectivity index is 1.75. The maximum Gasteiger partial charge on any atom is 0.238 e. The van der Waals surface area contributed by atoms with Crippen molar-refractivity contribution >= 4 is 17.5 Å². The molecule has 2 aromatic carbocycles. The molecule has 132 valence electrons. The third-order valence-electron chi connectivity index (χ3n) is 3.37. The highest BCUT2D eigenvalue weighted by Crippen LogP contribution is 2.09. The van der Waals surface area contributed by atoms with E-state index in [4.69, 9.17) is 0 Å². The van der Waals surface area contributed by atoms with Gasteiger partial charge in [0.15, 0.2) is 0 Å². The molecule has 0 aliphatic carbocycles. The van der Waals surface area contributed by atoms with Gasteiger partial charge in [0.1, 0.15) is 11.6 Å². The van der Waals surface area contributed by atoms with Crippen LogP contribution < -0.4 is 10.6 Å². The average Bonchev–Trinajstić information content (AvgIpc) is 2.53. The van der Waals surface area contributed by atoms with E-state index in [1.807, 2.05) is 0 Å². The molecule has 7 heteroatoms. The molecule has 0 saturated carbocycles. The molecule has 0 spiro atoms. The zero-order valence-electron chi connectivity index (χ0n) is 13.8. The lowest BCUT2D eigenvalue weighted by molar-refractivity contribution is -0.123. The number of nitrogens with zero attached hydrogens (tertiary/aromatic N) is 1. The summed E-state index contributed by atoms with van der Waals surface area (Å²) in [7, 11) is 1.60. The van der Waals surface area contributed by atoms with E-state index in [1.54, 1.807) is 31.3 Å². The highest BCUT2D eigenvalue weighted by Gasteiger charge is 2.11. The molecule has 2 amide bonds. The number of rotatable bonds is 7. The molecule has 0 unspecified atom stereocenters. The number of likely N-dealkylation sites (N-methyl/N-ethyl adjacent to an activating group) is 1. The Morgan fingerprint density at radius 1 is 1.00 bits per heavy atom. The Morgan fingerprint density at radius 2 is 1.72 bits per heavy atom. The van der Waals surface area contributed by atoms with Gasteiger partial charge in [0, 0.05) is 17.8 Å². The lowest BCUT2D eigenvalue weighted by Crippen LogP contribution is -2.38. The zero-order chi connectivity index (χ0) is 18.2. The SMILES string of the molecule is CN(CC(=O)NCc1ccccc1F)CC(=O)Nc1cccc(F)c1. The summed E-state index contributed by atoms with van der Waals surface area (Å²) in [4.78, 5) is 25.3. The van der Waals surface area contributed by atoms with E-state index < -0.39 is 5.82 Å². The minimum Gasteiger partial charge on any atom is -0.351 e. The minimum atomic E-state index is -0.446. The van der Waals surface area contributed by atoms with E-state index in [2.05, 4.69) is 10.6 Å². The third kappa shape index (κ3) is 6.31. The summed E-state index contributed by atoms with van der Waals surface area (Å²) in [5, 5.41) is 5.15. The fourth-order valence-electron chi connectivity index (χ4n) is 2.20. The van der Waals surface area contributed by atoms with Crippen LogP contribution in [0.1, 0.15) is 5.56 Å². The monoisotopic (exact) mass is 347 g/mol. The van der Waals surface area contributed by atoms with Gasteiger partial charge >= 0.3 is 0 Å². The standard InChI is InChI=1S/C18H19F2N3O2/c1-23(12-18(25)22-15-7-4-6-14(19)9-15)11-17(24)21-10-13-5-2-3-8-16(13)20/h2-9H,10-12H2,1H3,(H,21,24)(H,22,25). The summed E-state index contributed by atoms with van der Waals surface area (Å²) in [6, 6.07) is 11.7. The van der Waals surface area contributed by atoms with E-state index in [1.165, 1.54) is 29.2 Å².